The normalized spacial score (nSPS) is 23.0. The van der Waals surface area contributed by atoms with Crippen LogP contribution in [0.15, 0.2) is 42.5 Å². The van der Waals surface area contributed by atoms with Gasteiger partial charge in [0.25, 0.3) is 0 Å². The average Bonchev–Trinajstić information content (AvgIpc) is 2.76. The summed E-state index contributed by atoms with van der Waals surface area (Å²) < 4.78 is 5.90. The lowest BCUT2D eigenvalue weighted by Crippen LogP contribution is -2.23. The van der Waals surface area contributed by atoms with E-state index in [0.29, 0.717) is 17.1 Å². The summed E-state index contributed by atoms with van der Waals surface area (Å²) in [4.78, 5) is 0. The van der Waals surface area contributed by atoms with Gasteiger partial charge >= 0.3 is 0 Å². The van der Waals surface area contributed by atoms with Gasteiger partial charge in [-0.2, -0.15) is 0 Å². The van der Waals surface area contributed by atoms with E-state index in [1.54, 1.807) is 6.07 Å². The van der Waals surface area contributed by atoms with Crippen LogP contribution in [0.2, 0.25) is 0 Å². The number of rotatable bonds is 6. The fraction of sp³-hybridized carbons (Fsp3) is 0.538. The van der Waals surface area contributed by atoms with E-state index in [1.807, 2.05) is 24.3 Å². The van der Waals surface area contributed by atoms with Crippen LogP contribution in [0.4, 0.5) is 11.4 Å². The van der Waals surface area contributed by atoms with Crippen molar-refractivity contribution in [2.45, 2.75) is 70.6 Å². The Kier molecular flexibility index (Phi) is 6.63. The van der Waals surface area contributed by atoms with Gasteiger partial charge in [-0.15, -0.1) is 0 Å². The maximum atomic E-state index is 5.98. The second-order valence-corrected chi connectivity index (χ2v) is 9.26. The lowest BCUT2D eigenvalue weighted by atomic mass is 9.70. The van der Waals surface area contributed by atoms with E-state index in [9.17, 15) is 0 Å². The van der Waals surface area contributed by atoms with E-state index in [-0.39, 0.29) is 0 Å². The monoisotopic (exact) mass is 392 g/mol. The largest absolute Gasteiger partial charge is 0.455 e. The van der Waals surface area contributed by atoms with Gasteiger partial charge in [-0.05, 0) is 79.3 Å². The van der Waals surface area contributed by atoms with E-state index >= 15 is 0 Å². The number of hydrogen-bond donors (Lipinski definition) is 2. The fourth-order valence-electron chi connectivity index (χ4n) is 5.44. The Morgan fingerprint density at radius 3 is 2.14 bits per heavy atom. The van der Waals surface area contributed by atoms with E-state index in [2.05, 4.69) is 12.1 Å². The Hall–Kier alpha value is -2.16. The average molecular weight is 393 g/mol. The van der Waals surface area contributed by atoms with Crippen LogP contribution in [0.5, 0.6) is 11.5 Å². The Morgan fingerprint density at radius 2 is 1.45 bits per heavy atom. The Bertz CT molecular complexity index is 772. The first-order chi connectivity index (χ1) is 14.2. The molecule has 0 unspecified atom stereocenters. The number of aryl methyl sites for hydroxylation is 1. The molecule has 0 aliphatic heterocycles. The van der Waals surface area contributed by atoms with Crippen LogP contribution in [0, 0.1) is 17.8 Å². The van der Waals surface area contributed by atoms with Gasteiger partial charge < -0.3 is 16.2 Å². The van der Waals surface area contributed by atoms with Crippen LogP contribution >= 0.6 is 0 Å². The van der Waals surface area contributed by atoms with E-state index in [0.717, 1.165) is 23.5 Å². The minimum Gasteiger partial charge on any atom is -0.455 e. The molecule has 156 valence electrons. The van der Waals surface area contributed by atoms with Crippen molar-refractivity contribution in [3.8, 4) is 11.5 Å². The highest BCUT2D eigenvalue weighted by Gasteiger charge is 2.28. The van der Waals surface area contributed by atoms with Crippen LogP contribution < -0.4 is 16.2 Å². The van der Waals surface area contributed by atoms with Crippen molar-refractivity contribution in [3.05, 3.63) is 48.0 Å². The maximum absolute atomic E-state index is 5.98. The van der Waals surface area contributed by atoms with Crippen LogP contribution in [0.1, 0.15) is 69.8 Å². The summed E-state index contributed by atoms with van der Waals surface area (Å²) in [5.74, 6) is 4.47. The summed E-state index contributed by atoms with van der Waals surface area (Å²) in [5, 5.41) is 0. The first-order valence-corrected chi connectivity index (χ1v) is 11.6. The zero-order valence-electron chi connectivity index (χ0n) is 17.6. The SMILES string of the molecule is Nc1ccc(Oc2ccc(CCC3CCC(C4CCCCC4)CC3)cc2)c(N)c1. The number of nitrogen functional groups attached to an aromatic ring is 2. The molecule has 2 saturated carbocycles. The van der Waals surface area contributed by atoms with Gasteiger partial charge in [-0.25, -0.2) is 0 Å². The van der Waals surface area contributed by atoms with Crippen molar-refractivity contribution < 1.29 is 4.74 Å². The van der Waals surface area contributed by atoms with Gasteiger partial charge in [0.2, 0.25) is 0 Å². The molecular weight excluding hydrogens is 356 g/mol. The predicted molar refractivity (Wildman–Crippen MR) is 122 cm³/mol. The molecule has 2 aliphatic rings. The third kappa shape index (κ3) is 5.46. The number of anilines is 2. The van der Waals surface area contributed by atoms with Crippen molar-refractivity contribution in [2.75, 3.05) is 11.5 Å². The lowest BCUT2D eigenvalue weighted by molar-refractivity contribution is 0.163. The molecular formula is C26H36N2O. The van der Waals surface area contributed by atoms with Crippen molar-refractivity contribution in [1.82, 2.24) is 0 Å². The third-order valence-corrected chi connectivity index (χ3v) is 7.23. The quantitative estimate of drug-likeness (QED) is 0.522. The standard InChI is InChI=1S/C26H36N2O/c27-23-14-17-26(25(28)18-23)29-24-15-10-20(11-16-24)7-6-19-8-12-22(13-9-19)21-4-2-1-3-5-21/h10-11,14-19,21-22H,1-9,12-13,27-28H2. The predicted octanol–water partition coefficient (Wildman–Crippen LogP) is 6.96. The molecule has 2 fully saturated rings. The number of hydrogen-bond acceptors (Lipinski definition) is 3. The second kappa shape index (κ2) is 9.56. The molecule has 0 saturated heterocycles. The van der Waals surface area contributed by atoms with E-state index < -0.39 is 0 Å². The van der Waals surface area contributed by atoms with Crippen LogP contribution in [0.25, 0.3) is 0 Å². The van der Waals surface area contributed by atoms with Gasteiger partial charge in [-0.1, -0.05) is 57.1 Å². The molecule has 0 radical (unpaired) electrons. The van der Waals surface area contributed by atoms with Gasteiger partial charge in [0, 0.05) is 5.69 Å². The zero-order chi connectivity index (χ0) is 20.1. The molecule has 2 aromatic carbocycles. The summed E-state index contributed by atoms with van der Waals surface area (Å²) in [5.41, 5.74) is 14.3. The van der Waals surface area contributed by atoms with Crippen molar-refractivity contribution >= 4 is 11.4 Å². The summed E-state index contributed by atoms with van der Waals surface area (Å²) in [7, 11) is 0. The van der Waals surface area contributed by atoms with Crippen molar-refractivity contribution in [2.24, 2.45) is 17.8 Å². The van der Waals surface area contributed by atoms with Gasteiger partial charge in [0.1, 0.15) is 11.5 Å². The maximum Gasteiger partial charge on any atom is 0.150 e. The van der Waals surface area contributed by atoms with Crippen LogP contribution in [-0.4, -0.2) is 0 Å². The highest BCUT2D eigenvalue weighted by molar-refractivity contribution is 5.61. The topological polar surface area (TPSA) is 61.3 Å². The number of nitrogens with two attached hydrogens (primary N) is 2. The highest BCUT2D eigenvalue weighted by Crippen LogP contribution is 2.41. The molecule has 3 heteroatoms. The van der Waals surface area contributed by atoms with Crippen LogP contribution in [0.3, 0.4) is 0 Å². The fourth-order valence-corrected chi connectivity index (χ4v) is 5.44. The lowest BCUT2D eigenvalue weighted by Gasteiger charge is -2.36. The Balaban J connectivity index is 1.22. The Morgan fingerprint density at radius 1 is 0.759 bits per heavy atom. The van der Waals surface area contributed by atoms with E-state index in [1.165, 1.54) is 76.2 Å². The van der Waals surface area contributed by atoms with E-state index in [4.69, 9.17) is 16.2 Å². The molecule has 0 bridgehead atoms. The molecule has 0 spiro atoms. The van der Waals surface area contributed by atoms with Crippen LogP contribution in [-0.2, 0) is 6.42 Å². The third-order valence-electron chi connectivity index (χ3n) is 7.23. The zero-order valence-corrected chi connectivity index (χ0v) is 17.6. The minimum absolute atomic E-state index is 0.568. The Labute approximate surface area is 175 Å². The molecule has 4 rings (SSSR count). The molecule has 0 atom stereocenters. The minimum atomic E-state index is 0.568. The molecule has 3 nitrogen and oxygen atoms in total. The molecule has 0 heterocycles. The first-order valence-electron chi connectivity index (χ1n) is 11.6. The van der Waals surface area contributed by atoms with Gasteiger partial charge in [-0.3, -0.25) is 0 Å². The number of benzene rings is 2. The molecule has 2 aromatic rings. The molecule has 0 aromatic heterocycles. The van der Waals surface area contributed by atoms with Crippen molar-refractivity contribution in [3.63, 3.8) is 0 Å². The van der Waals surface area contributed by atoms with Gasteiger partial charge in [0.05, 0.1) is 5.69 Å². The smallest absolute Gasteiger partial charge is 0.150 e. The summed E-state index contributed by atoms with van der Waals surface area (Å²) in [6.07, 6.45) is 15.8. The first kappa shape index (κ1) is 20.1. The van der Waals surface area contributed by atoms with Gasteiger partial charge in [0.15, 0.2) is 0 Å². The highest BCUT2D eigenvalue weighted by atomic mass is 16.5. The molecule has 2 aliphatic carbocycles. The molecule has 0 amide bonds. The summed E-state index contributed by atoms with van der Waals surface area (Å²) in [6.45, 7) is 0. The summed E-state index contributed by atoms with van der Waals surface area (Å²) >= 11 is 0. The molecule has 4 N–H and O–H groups in total. The van der Waals surface area contributed by atoms with Crippen molar-refractivity contribution in [1.29, 1.82) is 0 Å². The summed E-state index contributed by atoms with van der Waals surface area (Å²) in [6, 6.07) is 13.8. The second-order valence-electron chi connectivity index (χ2n) is 9.26. The molecule has 29 heavy (non-hydrogen) atoms. The number of ether oxygens (including phenoxy) is 1.